The first kappa shape index (κ1) is 9.96. The predicted octanol–water partition coefficient (Wildman–Crippen LogP) is 2.24. The van der Waals surface area contributed by atoms with Gasteiger partial charge in [0.1, 0.15) is 0 Å². The van der Waals surface area contributed by atoms with Gasteiger partial charge in [-0.1, -0.05) is 13.8 Å². The second-order valence-electron chi connectivity index (χ2n) is 3.69. The maximum absolute atomic E-state index is 4.15. The Bertz CT molecular complexity index is 241. The zero-order valence-corrected chi connectivity index (χ0v) is 8.54. The van der Waals surface area contributed by atoms with Crippen molar-refractivity contribution in [2.45, 2.75) is 27.2 Å². The van der Waals surface area contributed by atoms with Crippen LogP contribution in [0.5, 0.6) is 0 Å². The van der Waals surface area contributed by atoms with Gasteiger partial charge in [0, 0.05) is 18.9 Å². The van der Waals surface area contributed by atoms with Crippen LogP contribution in [0.2, 0.25) is 0 Å². The van der Waals surface area contributed by atoms with Gasteiger partial charge in [-0.25, -0.2) is 9.97 Å². The number of hydrogen-bond acceptors (Lipinski definition) is 3. The van der Waals surface area contributed by atoms with Crippen LogP contribution >= 0.6 is 0 Å². The van der Waals surface area contributed by atoms with Crippen LogP contribution in [0.3, 0.4) is 0 Å². The molecule has 0 unspecified atom stereocenters. The lowest BCUT2D eigenvalue weighted by atomic mass is 10.1. The highest BCUT2D eigenvalue weighted by Crippen LogP contribution is 2.01. The summed E-state index contributed by atoms with van der Waals surface area (Å²) in [7, 11) is 0. The minimum atomic E-state index is 0.720. The number of nitrogens with zero attached hydrogens (tertiary/aromatic N) is 2. The highest BCUT2D eigenvalue weighted by molar-refractivity contribution is 5.23. The molecular weight excluding hydrogens is 162 g/mol. The van der Waals surface area contributed by atoms with Gasteiger partial charge in [-0.05, 0) is 24.8 Å². The van der Waals surface area contributed by atoms with Crippen molar-refractivity contribution in [3.63, 3.8) is 0 Å². The van der Waals surface area contributed by atoms with Crippen molar-refractivity contribution in [2.75, 3.05) is 11.9 Å². The van der Waals surface area contributed by atoms with E-state index in [0.717, 1.165) is 30.4 Å². The van der Waals surface area contributed by atoms with Crippen LogP contribution in [-0.4, -0.2) is 16.5 Å². The third-order valence-electron chi connectivity index (χ3n) is 1.79. The Kier molecular flexibility index (Phi) is 3.68. The molecule has 3 heteroatoms. The van der Waals surface area contributed by atoms with E-state index >= 15 is 0 Å². The highest BCUT2D eigenvalue weighted by Gasteiger charge is 1.96. The zero-order valence-electron chi connectivity index (χ0n) is 8.54. The van der Waals surface area contributed by atoms with E-state index in [2.05, 4.69) is 29.1 Å². The third kappa shape index (κ3) is 3.87. The molecule has 0 saturated heterocycles. The van der Waals surface area contributed by atoms with Gasteiger partial charge in [0.15, 0.2) is 0 Å². The number of anilines is 1. The minimum Gasteiger partial charge on any atom is -0.354 e. The summed E-state index contributed by atoms with van der Waals surface area (Å²) in [5, 5.41) is 3.18. The lowest BCUT2D eigenvalue weighted by molar-refractivity contribution is 0.606. The van der Waals surface area contributed by atoms with E-state index < -0.39 is 0 Å². The van der Waals surface area contributed by atoms with Crippen molar-refractivity contribution in [2.24, 2.45) is 5.92 Å². The molecule has 0 aliphatic rings. The lowest BCUT2D eigenvalue weighted by Crippen LogP contribution is -2.07. The predicted molar refractivity (Wildman–Crippen MR) is 54.7 cm³/mol. The Hall–Kier alpha value is -1.12. The van der Waals surface area contributed by atoms with E-state index in [-0.39, 0.29) is 0 Å². The number of nitrogens with one attached hydrogen (secondary N) is 1. The molecule has 0 aliphatic carbocycles. The van der Waals surface area contributed by atoms with E-state index in [1.807, 2.05) is 19.3 Å². The van der Waals surface area contributed by atoms with Crippen LogP contribution in [0.4, 0.5) is 5.95 Å². The van der Waals surface area contributed by atoms with Gasteiger partial charge in [-0.3, -0.25) is 0 Å². The molecule has 1 aromatic heterocycles. The standard InChI is InChI=1S/C10H17N3/c1-8(2)4-5-11-10-12-6-9(3)7-13-10/h6-8H,4-5H2,1-3H3,(H,11,12,13). The number of hydrogen-bond donors (Lipinski definition) is 1. The van der Waals surface area contributed by atoms with Crippen molar-refractivity contribution in [3.8, 4) is 0 Å². The Labute approximate surface area is 79.6 Å². The fourth-order valence-electron chi connectivity index (χ4n) is 0.957. The van der Waals surface area contributed by atoms with E-state index in [1.165, 1.54) is 0 Å². The first-order chi connectivity index (χ1) is 6.18. The Morgan fingerprint density at radius 1 is 1.31 bits per heavy atom. The van der Waals surface area contributed by atoms with Gasteiger partial charge in [0.25, 0.3) is 0 Å². The largest absolute Gasteiger partial charge is 0.354 e. The van der Waals surface area contributed by atoms with Crippen LogP contribution in [0.25, 0.3) is 0 Å². The van der Waals surface area contributed by atoms with Gasteiger partial charge in [0.2, 0.25) is 5.95 Å². The molecule has 1 aromatic rings. The molecule has 3 nitrogen and oxygen atoms in total. The van der Waals surface area contributed by atoms with Crippen molar-refractivity contribution < 1.29 is 0 Å². The third-order valence-corrected chi connectivity index (χ3v) is 1.79. The van der Waals surface area contributed by atoms with Gasteiger partial charge in [-0.15, -0.1) is 0 Å². The number of aryl methyl sites for hydroxylation is 1. The van der Waals surface area contributed by atoms with Crippen molar-refractivity contribution in [1.82, 2.24) is 9.97 Å². The summed E-state index contributed by atoms with van der Waals surface area (Å²) < 4.78 is 0. The summed E-state index contributed by atoms with van der Waals surface area (Å²) in [6.45, 7) is 7.34. The van der Waals surface area contributed by atoms with Crippen LogP contribution in [0.1, 0.15) is 25.8 Å². The van der Waals surface area contributed by atoms with Gasteiger partial charge in [0.05, 0.1) is 0 Å². The molecule has 0 fully saturated rings. The molecule has 1 N–H and O–H groups in total. The van der Waals surface area contributed by atoms with Crippen molar-refractivity contribution in [3.05, 3.63) is 18.0 Å². The van der Waals surface area contributed by atoms with E-state index in [1.54, 1.807) is 0 Å². The van der Waals surface area contributed by atoms with Gasteiger partial charge < -0.3 is 5.32 Å². The second kappa shape index (κ2) is 4.80. The smallest absolute Gasteiger partial charge is 0.222 e. The summed E-state index contributed by atoms with van der Waals surface area (Å²) in [5.41, 5.74) is 1.09. The first-order valence-corrected chi connectivity index (χ1v) is 4.71. The van der Waals surface area contributed by atoms with Crippen molar-refractivity contribution in [1.29, 1.82) is 0 Å². The summed E-state index contributed by atoms with van der Waals surface area (Å²) in [5.74, 6) is 1.45. The molecule has 0 spiro atoms. The molecule has 0 amide bonds. The molecule has 0 radical (unpaired) electrons. The Morgan fingerprint density at radius 3 is 2.46 bits per heavy atom. The van der Waals surface area contributed by atoms with Crippen LogP contribution in [-0.2, 0) is 0 Å². The lowest BCUT2D eigenvalue weighted by Gasteiger charge is -2.06. The molecular formula is C10H17N3. The average molecular weight is 179 g/mol. The van der Waals surface area contributed by atoms with Crippen LogP contribution in [0, 0.1) is 12.8 Å². The first-order valence-electron chi connectivity index (χ1n) is 4.71. The van der Waals surface area contributed by atoms with E-state index in [4.69, 9.17) is 0 Å². The zero-order chi connectivity index (χ0) is 9.68. The van der Waals surface area contributed by atoms with E-state index in [9.17, 15) is 0 Å². The molecule has 0 aromatic carbocycles. The Balaban J connectivity index is 2.33. The van der Waals surface area contributed by atoms with Gasteiger partial charge in [-0.2, -0.15) is 0 Å². The van der Waals surface area contributed by atoms with E-state index in [0.29, 0.717) is 0 Å². The van der Waals surface area contributed by atoms with Crippen LogP contribution in [0.15, 0.2) is 12.4 Å². The normalized spacial score (nSPS) is 10.5. The summed E-state index contributed by atoms with van der Waals surface area (Å²) in [4.78, 5) is 8.31. The Morgan fingerprint density at radius 2 is 1.92 bits per heavy atom. The molecule has 1 rings (SSSR count). The SMILES string of the molecule is Cc1cnc(NCCC(C)C)nc1. The molecule has 0 aliphatic heterocycles. The quantitative estimate of drug-likeness (QED) is 0.770. The molecule has 0 bridgehead atoms. The molecule has 0 saturated carbocycles. The molecule has 0 atom stereocenters. The maximum atomic E-state index is 4.15. The number of aromatic nitrogens is 2. The minimum absolute atomic E-state index is 0.720. The van der Waals surface area contributed by atoms with Crippen molar-refractivity contribution >= 4 is 5.95 Å². The second-order valence-corrected chi connectivity index (χ2v) is 3.69. The average Bonchev–Trinajstić information content (AvgIpc) is 2.08. The molecule has 13 heavy (non-hydrogen) atoms. The monoisotopic (exact) mass is 179 g/mol. The van der Waals surface area contributed by atoms with Gasteiger partial charge >= 0.3 is 0 Å². The number of rotatable bonds is 4. The highest BCUT2D eigenvalue weighted by atomic mass is 15.1. The summed E-state index contributed by atoms with van der Waals surface area (Å²) >= 11 is 0. The maximum Gasteiger partial charge on any atom is 0.222 e. The summed E-state index contributed by atoms with van der Waals surface area (Å²) in [6.07, 6.45) is 4.80. The summed E-state index contributed by atoms with van der Waals surface area (Å²) in [6, 6.07) is 0. The molecule has 72 valence electrons. The topological polar surface area (TPSA) is 37.8 Å². The van der Waals surface area contributed by atoms with Crippen LogP contribution < -0.4 is 5.32 Å². The fraction of sp³-hybridized carbons (Fsp3) is 0.600. The molecule has 1 heterocycles. The fourth-order valence-corrected chi connectivity index (χ4v) is 0.957.